The Morgan fingerprint density at radius 3 is 2.14 bits per heavy atom. The van der Waals surface area contributed by atoms with Crippen LogP contribution in [-0.2, 0) is 16.0 Å². The van der Waals surface area contributed by atoms with Crippen molar-refractivity contribution in [1.29, 1.82) is 0 Å². The van der Waals surface area contributed by atoms with Gasteiger partial charge in [-0.25, -0.2) is 18.0 Å². The van der Waals surface area contributed by atoms with Crippen molar-refractivity contribution >= 4 is 11.9 Å². The zero-order valence-electron chi connectivity index (χ0n) is 24.7. The van der Waals surface area contributed by atoms with Crippen LogP contribution in [0, 0.1) is 0 Å². The molecule has 1 aliphatic carbocycles. The van der Waals surface area contributed by atoms with E-state index in [9.17, 15) is 22.8 Å². The molecular weight excluding hydrogens is 545 g/mol. The number of nitrogens with zero attached hydrogens (tertiary/aromatic N) is 1. The molecule has 2 aromatic carbocycles. The number of likely N-dealkylation sites (N-methyl/N-ethyl adjacent to an activating group) is 1. The van der Waals surface area contributed by atoms with Gasteiger partial charge >= 0.3 is 5.97 Å². The molecule has 42 heavy (non-hydrogen) atoms. The second-order valence-electron chi connectivity index (χ2n) is 11.4. The normalized spacial score (nSPS) is 17.6. The number of halogens is 3. The molecule has 0 heterocycles. The van der Waals surface area contributed by atoms with Gasteiger partial charge in [0.2, 0.25) is 0 Å². The first-order chi connectivity index (χ1) is 20.0. The van der Waals surface area contributed by atoms with E-state index in [1.54, 1.807) is 12.1 Å². The summed E-state index contributed by atoms with van der Waals surface area (Å²) < 4.78 is 51.5. The van der Waals surface area contributed by atoms with Crippen molar-refractivity contribution in [1.82, 2.24) is 5.32 Å². The van der Waals surface area contributed by atoms with Gasteiger partial charge in [-0.3, -0.25) is 4.79 Å². The van der Waals surface area contributed by atoms with Crippen molar-refractivity contribution in [3.63, 3.8) is 0 Å². The number of nitrogens with one attached hydrogen (secondary N) is 1. The van der Waals surface area contributed by atoms with Gasteiger partial charge in [0, 0.05) is 13.0 Å². The number of hydrogen-bond acceptors (Lipinski definition) is 4. The van der Waals surface area contributed by atoms with E-state index in [1.165, 1.54) is 12.1 Å². The molecule has 0 fully saturated rings. The minimum Gasteiger partial charge on any atom is -0.494 e. The van der Waals surface area contributed by atoms with Crippen LogP contribution in [0.4, 0.5) is 13.2 Å². The number of esters is 1. The maximum atomic E-state index is 13.5. The highest BCUT2D eigenvalue weighted by atomic mass is 19.2. The largest absolute Gasteiger partial charge is 0.494 e. The van der Waals surface area contributed by atoms with E-state index in [1.807, 2.05) is 18.2 Å². The van der Waals surface area contributed by atoms with Crippen LogP contribution in [-0.4, -0.2) is 69.0 Å². The molecule has 1 aliphatic rings. The van der Waals surface area contributed by atoms with Crippen molar-refractivity contribution < 1.29 is 36.7 Å². The smallest absolute Gasteiger partial charge is 0.343 e. The van der Waals surface area contributed by atoms with Crippen LogP contribution in [0.2, 0.25) is 0 Å². The van der Waals surface area contributed by atoms with Crippen molar-refractivity contribution in [2.75, 3.05) is 34.3 Å². The molecule has 0 saturated carbocycles. The molecule has 228 valence electrons. The molecule has 1 N–H and O–H groups in total. The van der Waals surface area contributed by atoms with Gasteiger partial charge < -0.3 is 19.3 Å². The summed E-state index contributed by atoms with van der Waals surface area (Å²) in [7, 11) is 6.16. The summed E-state index contributed by atoms with van der Waals surface area (Å²) in [5, 5.41) is 3.12. The number of quaternary nitrogens is 1. The van der Waals surface area contributed by atoms with Crippen LogP contribution >= 0.6 is 0 Å². The Kier molecular flexibility index (Phi) is 12.7. The maximum Gasteiger partial charge on any atom is 0.343 e. The van der Waals surface area contributed by atoms with Crippen molar-refractivity contribution in [3.05, 3.63) is 83.7 Å². The Morgan fingerprint density at radius 1 is 0.881 bits per heavy atom. The van der Waals surface area contributed by atoms with Gasteiger partial charge in [0.15, 0.2) is 18.4 Å². The molecule has 9 heteroatoms. The van der Waals surface area contributed by atoms with Crippen molar-refractivity contribution in [2.45, 2.75) is 63.3 Å². The Hall–Kier alpha value is -3.59. The lowest BCUT2D eigenvalue weighted by atomic mass is 10.0. The highest BCUT2D eigenvalue weighted by Crippen LogP contribution is 2.26. The molecule has 3 rings (SSSR count). The molecule has 1 amide bonds. The summed E-state index contributed by atoms with van der Waals surface area (Å²) in [4.78, 5) is 25.0. The van der Waals surface area contributed by atoms with E-state index in [2.05, 4.69) is 38.6 Å². The second-order valence-corrected chi connectivity index (χ2v) is 11.4. The molecule has 0 radical (unpaired) electrons. The molecule has 0 aliphatic heterocycles. The first-order valence-corrected chi connectivity index (χ1v) is 14.5. The first-order valence-electron chi connectivity index (χ1n) is 14.5. The van der Waals surface area contributed by atoms with Crippen LogP contribution in [0.3, 0.4) is 0 Å². The summed E-state index contributed by atoms with van der Waals surface area (Å²) in [5.74, 6) is -1.42. The highest BCUT2D eigenvalue weighted by molar-refractivity contribution is 5.93. The predicted octanol–water partition coefficient (Wildman–Crippen LogP) is 6.21. The number of benzene rings is 2. The number of amides is 1. The molecule has 3 unspecified atom stereocenters. The minimum absolute atomic E-state index is 0.0927. The van der Waals surface area contributed by atoms with E-state index in [0.29, 0.717) is 42.0 Å². The monoisotopic (exact) mass is 587 g/mol. The van der Waals surface area contributed by atoms with Crippen LogP contribution in [0.5, 0.6) is 11.5 Å². The SMILES string of the molecule is C[N+](C)(C)C(Cc1ccccc1)C(=O)NCCCCCCCCOc1ccc(OC(=O)C2=CC(F)C(F)C(F)=C2)cc1. The topological polar surface area (TPSA) is 64.6 Å². The van der Waals surface area contributed by atoms with Crippen molar-refractivity contribution in [3.8, 4) is 11.5 Å². The number of ether oxygens (including phenoxy) is 2. The fraction of sp³-hybridized carbons (Fsp3) is 0.455. The minimum atomic E-state index is -2.39. The molecule has 6 nitrogen and oxygen atoms in total. The fourth-order valence-corrected chi connectivity index (χ4v) is 4.59. The van der Waals surface area contributed by atoms with Crippen molar-refractivity contribution in [2.24, 2.45) is 0 Å². The molecule has 0 spiro atoms. The predicted molar refractivity (Wildman–Crippen MR) is 157 cm³/mol. The second kappa shape index (κ2) is 16.2. The van der Waals surface area contributed by atoms with Crippen LogP contribution in [0.25, 0.3) is 0 Å². The number of hydrogen-bond donors (Lipinski definition) is 1. The third kappa shape index (κ3) is 10.7. The summed E-state index contributed by atoms with van der Waals surface area (Å²) in [6, 6.07) is 16.3. The van der Waals surface area contributed by atoms with Gasteiger partial charge in [0.05, 0.1) is 33.3 Å². The zero-order valence-corrected chi connectivity index (χ0v) is 24.7. The molecule has 0 saturated heterocycles. The Bertz CT molecular complexity index is 1210. The standard InChI is InChI=1S/C33H41F3N2O4/c1-38(2,3)30(21-24-13-9-8-10-14-24)32(39)37-19-11-6-4-5-7-12-20-41-26-15-17-27(18-16-26)42-33(40)25-22-28(34)31(36)29(35)23-25/h8-10,13-18,22-23,28,30-31H,4-7,11-12,19-21H2,1-3H3/p+1. The lowest BCUT2D eigenvalue weighted by molar-refractivity contribution is -0.886. The van der Waals surface area contributed by atoms with Gasteiger partial charge in [0.25, 0.3) is 5.91 Å². The molecular formula is C33H42F3N2O4+. The fourth-order valence-electron chi connectivity index (χ4n) is 4.59. The Balaban J connectivity index is 1.25. The highest BCUT2D eigenvalue weighted by Gasteiger charge is 2.32. The van der Waals surface area contributed by atoms with E-state index in [0.717, 1.165) is 44.1 Å². The van der Waals surface area contributed by atoms with Gasteiger partial charge in [-0.05, 0) is 54.8 Å². The number of carbonyl (C=O) groups excluding carboxylic acids is 2. The lowest BCUT2D eigenvalue weighted by Crippen LogP contribution is -2.55. The average Bonchev–Trinajstić information content (AvgIpc) is 2.96. The van der Waals surface area contributed by atoms with Gasteiger partial charge in [-0.15, -0.1) is 0 Å². The number of carbonyl (C=O) groups is 2. The number of alkyl halides is 2. The van der Waals surface area contributed by atoms with Gasteiger partial charge in [0.1, 0.15) is 17.3 Å². The molecule has 3 atom stereocenters. The first kappa shape index (κ1) is 32.9. The lowest BCUT2D eigenvalue weighted by Gasteiger charge is -2.33. The van der Waals surface area contributed by atoms with Crippen LogP contribution in [0.1, 0.15) is 44.1 Å². The average molecular weight is 588 g/mol. The summed E-state index contributed by atoms with van der Waals surface area (Å²) in [6.07, 6.45) is 3.53. The number of unbranched alkanes of at least 4 members (excludes halogenated alkanes) is 5. The zero-order chi connectivity index (χ0) is 30.5. The Labute approximate surface area is 246 Å². The third-order valence-electron chi connectivity index (χ3n) is 7.09. The summed E-state index contributed by atoms with van der Waals surface area (Å²) >= 11 is 0. The van der Waals surface area contributed by atoms with E-state index in [-0.39, 0.29) is 23.3 Å². The van der Waals surface area contributed by atoms with Crippen LogP contribution in [0.15, 0.2) is 78.1 Å². The van der Waals surface area contributed by atoms with E-state index >= 15 is 0 Å². The summed E-state index contributed by atoms with van der Waals surface area (Å²) in [5.41, 5.74) is 0.793. The van der Waals surface area contributed by atoms with E-state index < -0.39 is 24.1 Å². The van der Waals surface area contributed by atoms with Crippen LogP contribution < -0.4 is 14.8 Å². The molecule has 0 bridgehead atoms. The van der Waals surface area contributed by atoms with Gasteiger partial charge in [-0.2, -0.15) is 0 Å². The maximum absolute atomic E-state index is 13.5. The third-order valence-corrected chi connectivity index (χ3v) is 7.09. The number of rotatable bonds is 16. The summed E-state index contributed by atoms with van der Waals surface area (Å²) in [6.45, 7) is 1.22. The molecule has 2 aromatic rings. The quantitative estimate of drug-likeness (QED) is 0.110. The molecule has 0 aromatic heterocycles. The number of allylic oxidation sites excluding steroid dienone is 2. The Morgan fingerprint density at radius 2 is 1.50 bits per heavy atom. The van der Waals surface area contributed by atoms with E-state index in [4.69, 9.17) is 9.47 Å². The van der Waals surface area contributed by atoms with Gasteiger partial charge in [-0.1, -0.05) is 56.0 Å².